The number of carbonyl (C=O) groups is 4. The first-order valence-corrected chi connectivity index (χ1v) is 13.3. The zero-order valence-corrected chi connectivity index (χ0v) is 21.8. The van der Waals surface area contributed by atoms with E-state index in [-0.39, 0.29) is 30.7 Å². The number of likely N-dealkylation sites (tertiary alicyclic amines) is 2. The SMILES string of the molecule is CCOC(=O)[C@]12CCCC=C1N(Cc1ccc(OC)cc1)C(=O)[C@@H]2CC(=O)NCCCN1CCCC1=O. The van der Waals surface area contributed by atoms with Gasteiger partial charge in [-0.2, -0.15) is 0 Å². The quantitative estimate of drug-likeness (QED) is 0.362. The van der Waals surface area contributed by atoms with Gasteiger partial charge in [-0.15, -0.1) is 0 Å². The van der Waals surface area contributed by atoms with Gasteiger partial charge >= 0.3 is 5.97 Å². The van der Waals surface area contributed by atoms with Gasteiger partial charge in [-0.05, 0) is 56.7 Å². The molecule has 0 bridgehead atoms. The molecule has 2 heterocycles. The minimum atomic E-state index is -1.16. The Morgan fingerprint density at radius 3 is 2.62 bits per heavy atom. The molecule has 4 rings (SSSR count). The fourth-order valence-electron chi connectivity index (χ4n) is 5.79. The Bertz CT molecular complexity index is 1050. The molecule has 2 fully saturated rings. The molecule has 0 saturated carbocycles. The maximum absolute atomic E-state index is 13.8. The molecule has 0 spiro atoms. The van der Waals surface area contributed by atoms with Gasteiger partial charge in [0.05, 0.1) is 26.2 Å². The van der Waals surface area contributed by atoms with Crippen LogP contribution in [0, 0.1) is 11.3 Å². The zero-order valence-electron chi connectivity index (χ0n) is 21.8. The molecule has 0 unspecified atom stereocenters. The number of hydrogen-bond acceptors (Lipinski definition) is 6. The summed E-state index contributed by atoms with van der Waals surface area (Å²) in [6.07, 6.45) is 5.97. The van der Waals surface area contributed by atoms with Crippen LogP contribution in [0.3, 0.4) is 0 Å². The number of allylic oxidation sites excluding steroid dienone is 1. The molecule has 9 nitrogen and oxygen atoms in total. The van der Waals surface area contributed by atoms with E-state index in [1.807, 2.05) is 35.2 Å². The van der Waals surface area contributed by atoms with E-state index in [4.69, 9.17) is 9.47 Å². The second-order valence-corrected chi connectivity index (χ2v) is 9.89. The average Bonchev–Trinajstić information content (AvgIpc) is 3.42. The molecule has 37 heavy (non-hydrogen) atoms. The number of rotatable bonds is 11. The first kappa shape index (κ1) is 26.7. The summed E-state index contributed by atoms with van der Waals surface area (Å²) >= 11 is 0. The van der Waals surface area contributed by atoms with Gasteiger partial charge in [0, 0.05) is 38.2 Å². The number of nitrogens with zero attached hydrogens (tertiary/aromatic N) is 2. The zero-order chi connectivity index (χ0) is 26.4. The average molecular weight is 512 g/mol. The second kappa shape index (κ2) is 11.8. The van der Waals surface area contributed by atoms with Gasteiger partial charge in [0.1, 0.15) is 11.2 Å². The number of carbonyl (C=O) groups excluding carboxylic acids is 4. The molecule has 2 aliphatic heterocycles. The number of methoxy groups -OCH3 is 1. The predicted octanol–water partition coefficient (Wildman–Crippen LogP) is 2.79. The van der Waals surface area contributed by atoms with Gasteiger partial charge in [0.15, 0.2) is 0 Å². The van der Waals surface area contributed by atoms with Gasteiger partial charge in [0.2, 0.25) is 17.7 Å². The van der Waals surface area contributed by atoms with E-state index in [0.29, 0.717) is 44.6 Å². The molecule has 9 heteroatoms. The van der Waals surface area contributed by atoms with Crippen molar-refractivity contribution >= 4 is 23.7 Å². The molecule has 2 saturated heterocycles. The largest absolute Gasteiger partial charge is 0.497 e. The first-order valence-electron chi connectivity index (χ1n) is 13.3. The summed E-state index contributed by atoms with van der Waals surface area (Å²) in [5.74, 6) is -0.875. The lowest BCUT2D eigenvalue weighted by atomic mass is 9.68. The molecule has 1 aliphatic carbocycles. The Labute approximate surface area is 218 Å². The van der Waals surface area contributed by atoms with Gasteiger partial charge in [-0.1, -0.05) is 18.2 Å². The summed E-state index contributed by atoms with van der Waals surface area (Å²) in [4.78, 5) is 55.5. The Morgan fingerprint density at radius 1 is 1.16 bits per heavy atom. The summed E-state index contributed by atoms with van der Waals surface area (Å²) < 4.78 is 10.7. The van der Waals surface area contributed by atoms with Crippen LogP contribution >= 0.6 is 0 Å². The van der Waals surface area contributed by atoms with Crippen molar-refractivity contribution in [2.45, 2.75) is 58.4 Å². The second-order valence-electron chi connectivity index (χ2n) is 9.89. The summed E-state index contributed by atoms with van der Waals surface area (Å²) in [7, 11) is 1.60. The van der Waals surface area contributed by atoms with Crippen molar-refractivity contribution in [3.05, 3.63) is 41.6 Å². The number of benzene rings is 1. The minimum absolute atomic E-state index is 0.0866. The molecule has 2 atom stereocenters. The van der Waals surface area contributed by atoms with Crippen LogP contribution in [0.1, 0.15) is 57.4 Å². The van der Waals surface area contributed by atoms with Crippen molar-refractivity contribution in [1.82, 2.24) is 15.1 Å². The Hall–Kier alpha value is -3.36. The predicted molar refractivity (Wildman–Crippen MR) is 136 cm³/mol. The summed E-state index contributed by atoms with van der Waals surface area (Å²) in [5, 5.41) is 2.90. The van der Waals surface area contributed by atoms with Crippen molar-refractivity contribution in [1.29, 1.82) is 0 Å². The maximum Gasteiger partial charge on any atom is 0.318 e. The van der Waals surface area contributed by atoms with Crippen LogP contribution in [0.2, 0.25) is 0 Å². The van der Waals surface area contributed by atoms with Gasteiger partial charge in [-0.3, -0.25) is 19.2 Å². The van der Waals surface area contributed by atoms with Crippen molar-refractivity contribution in [3.8, 4) is 5.75 Å². The van der Waals surface area contributed by atoms with Crippen LogP contribution in [-0.4, -0.2) is 66.8 Å². The van der Waals surface area contributed by atoms with E-state index in [2.05, 4.69) is 5.32 Å². The number of hydrogen-bond donors (Lipinski definition) is 1. The molecular formula is C28H37N3O6. The molecule has 3 amide bonds. The van der Waals surface area contributed by atoms with Gasteiger partial charge in [-0.25, -0.2) is 0 Å². The summed E-state index contributed by atoms with van der Waals surface area (Å²) in [5.41, 5.74) is 0.403. The topological polar surface area (TPSA) is 105 Å². The third-order valence-corrected chi connectivity index (χ3v) is 7.65. The van der Waals surface area contributed by atoms with Crippen LogP contribution < -0.4 is 10.1 Å². The van der Waals surface area contributed by atoms with Gasteiger partial charge in [0.25, 0.3) is 0 Å². The number of ether oxygens (including phenoxy) is 2. The van der Waals surface area contributed by atoms with E-state index in [0.717, 1.165) is 37.1 Å². The minimum Gasteiger partial charge on any atom is -0.497 e. The highest BCUT2D eigenvalue weighted by Crippen LogP contribution is 2.54. The molecule has 1 aromatic rings. The van der Waals surface area contributed by atoms with E-state index in [9.17, 15) is 19.2 Å². The smallest absolute Gasteiger partial charge is 0.318 e. The lowest BCUT2D eigenvalue weighted by molar-refractivity contribution is -0.158. The highest BCUT2D eigenvalue weighted by Gasteiger charge is 2.62. The lowest BCUT2D eigenvalue weighted by Crippen LogP contribution is -2.43. The normalized spacial score (nSPS) is 23.1. The molecule has 1 aromatic carbocycles. The Balaban J connectivity index is 1.50. The fourth-order valence-corrected chi connectivity index (χ4v) is 5.79. The molecule has 0 aromatic heterocycles. The number of amides is 3. The van der Waals surface area contributed by atoms with E-state index < -0.39 is 17.3 Å². The van der Waals surface area contributed by atoms with Crippen LogP contribution in [0.4, 0.5) is 0 Å². The van der Waals surface area contributed by atoms with E-state index in [1.165, 1.54) is 0 Å². The molecule has 1 N–H and O–H groups in total. The van der Waals surface area contributed by atoms with E-state index >= 15 is 0 Å². The molecule has 200 valence electrons. The van der Waals surface area contributed by atoms with Crippen molar-refractivity contribution in [2.75, 3.05) is 33.4 Å². The Kier molecular flexibility index (Phi) is 8.51. The lowest BCUT2D eigenvalue weighted by Gasteiger charge is -2.35. The monoisotopic (exact) mass is 511 g/mol. The highest BCUT2D eigenvalue weighted by atomic mass is 16.5. The summed E-state index contributed by atoms with van der Waals surface area (Å²) in [6, 6.07) is 7.47. The Morgan fingerprint density at radius 2 is 1.95 bits per heavy atom. The maximum atomic E-state index is 13.8. The van der Waals surface area contributed by atoms with Crippen molar-refractivity contribution in [2.24, 2.45) is 11.3 Å². The first-order chi connectivity index (χ1) is 17.9. The van der Waals surface area contributed by atoms with Crippen molar-refractivity contribution < 1.29 is 28.7 Å². The number of esters is 1. The molecule has 3 aliphatic rings. The van der Waals surface area contributed by atoms with Gasteiger partial charge < -0.3 is 24.6 Å². The third-order valence-electron chi connectivity index (χ3n) is 7.65. The number of fused-ring (bicyclic) bond motifs is 1. The van der Waals surface area contributed by atoms with Crippen LogP contribution in [0.25, 0.3) is 0 Å². The molecule has 0 radical (unpaired) electrons. The third kappa shape index (κ3) is 5.50. The van der Waals surface area contributed by atoms with Crippen molar-refractivity contribution in [3.63, 3.8) is 0 Å². The van der Waals surface area contributed by atoms with Crippen LogP contribution in [-0.2, 0) is 30.5 Å². The number of nitrogens with one attached hydrogen (secondary N) is 1. The van der Waals surface area contributed by atoms with Crippen LogP contribution in [0.15, 0.2) is 36.0 Å². The molecular weight excluding hydrogens is 474 g/mol. The fraction of sp³-hybridized carbons (Fsp3) is 0.571. The standard InChI is InChI=1S/C28H37N3O6/c1-3-37-27(35)28-14-5-4-8-23(28)31(19-20-10-12-21(36-2)13-11-20)26(34)22(28)18-24(32)29-15-7-17-30-16-6-9-25(30)33/h8,10-13,22H,3-7,9,14-19H2,1-2H3,(H,29,32)/t22-,28-/m0/s1. The van der Waals surface area contributed by atoms with E-state index in [1.54, 1.807) is 18.9 Å². The van der Waals surface area contributed by atoms with Crippen LogP contribution in [0.5, 0.6) is 5.75 Å². The highest BCUT2D eigenvalue weighted by molar-refractivity contribution is 5.99. The summed E-state index contributed by atoms with van der Waals surface area (Å²) in [6.45, 7) is 4.04.